The number of aliphatic hydroxyl groups is 1. The minimum Gasteiger partial charge on any atom is -0.373 e. The Hall–Kier alpha value is -0.940. The van der Waals surface area contributed by atoms with Crippen LogP contribution in [0.2, 0.25) is 0 Å². The van der Waals surface area contributed by atoms with Crippen LogP contribution >= 0.6 is 0 Å². The van der Waals surface area contributed by atoms with E-state index in [0.29, 0.717) is 5.92 Å². The summed E-state index contributed by atoms with van der Waals surface area (Å²) in [6.45, 7) is 5.78. The Morgan fingerprint density at radius 1 is 1.21 bits per heavy atom. The number of aromatic nitrogens is 3. The van der Waals surface area contributed by atoms with Gasteiger partial charge in [-0.25, -0.2) is 0 Å². The third-order valence-corrected chi connectivity index (χ3v) is 4.62. The first-order valence-corrected chi connectivity index (χ1v) is 7.61. The van der Waals surface area contributed by atoms with E-state index in [0.717, 1.165) is 43.9 Å². The van der Waals surface area contributed by atoms with E-state index in [4.69, 9.17) is 0 Å². The van der Waals surface area contributed by atoms with Crippen LogP contribution in [-0.4, -0.2) is 44.4 Å². The molecule has 1 atom stereocenters. The number of aryl methyl sites for hydroxylation is 1. The maximum absolute atomic E-state index is 10.1. The van der Waals surface area contributed by atoms with Crippen molar-refractivity contribution in [3.8, 4) is 0 Å². The predicted octanol–water partition coefficient (Wildman–Crippen LogP) is 1.38. The molecule has 2 aliphatic heterocycles. The highest BCUT2D eigenvalue weighted by molar-refractivity contribution is 5.02. The fraction of sp³-hybridized carbons (Fsp3) is 0.857. The topological polar surface area (TPSA) is 54.2 Å². The van der Waals surface area contributed by atoms with Crippen LogP contribution in [0.25, 0.3) is 0 Å². The summed E-state index contributed by atoms with van der Waals surface area (Å²) in [4.78, 5) is 2.50. The summed E-state index contributed by atoms with van der Waals surface area (Å²) >= 11 is 0. The van der Waals surface area contributed by atoms with E-state index >= 15 is 0 Å². The molecule has 0 radical (unpaired) electrons. The van der Waals surface area contributed by atoms with E-state index in [1.54, 1.807) is 0 Å². The van der Waals surface area contributed by atoms with Crippen LogP contribution in [0.4, 0.5) is 0 Å². The average Bonchev–Trinajstić information content (AvgIpc) is 2.84. The molecule has 3 heterocycles. The molecule has 1 saturated heterocycles. The molecule has 0 spiro atoms. The van der Waals surface area contributed by atoms with Gasteiger partial charge in [0.25, 0.3) is 0 Å². The molecule has 3 rings (SSSR count). The molecular formula is C14H24N4O. The van der Waals surface area contributed by atoms with Crippen molar-refractivity contribution in [2.24, 2.45) is 5.92 Å². The minimum absolute atomic E-state index is 0.399. The summed E-state index contributed by atoms with van der Waals surface area (Å²) < 4.78 is 1.98. The molecule has 106 valence electrons. The highest BCUT2D eigenvalue weighted by atomic mass is 16.3. The lowest BCUT2D eigenvalue weighted by Crippen LogP contribution is -2.34. The largest absolute Gasteiger partial charge is 0.373 e. The minimum atomic E-state index is -0.399. The van der Waals surface area contributed by atoms with E-state index in [9.17, 15) is 5.11 Å². The van der Waals surface area contributed by atoms with Crippen LogP contribution in [-0.2, 0) is 12.8 Å². The number of hydrogen-bond acceptors (Lipinski definition) is 4. The molecule has 0 aromatic carbocycles. The standard InChI is InChI=1S/C14H24N4O/c1-2-17-8-6-11(7-9-17)10-13-16-15-12-4-3-5-14(19)18(12)13/h11,14,19H,2-10H2,1H3. The maximum atomic E-state index is 10.1. The number of hydrogen-bond donors (Lipinski definition) is 1. The Morgan fingerprint density at radius 3 is 2.74 bits per heavy atom. The Kier molecular flexibility index (Phi) is 3.84. The summed E-state index contributed by atoms with van der Waals surface area (Å²) in [6.07, 6.45) is 5.88. The number of aliphatic hydroxyl groups excluding tert-OH is 1. The van der Waals surface area contributed by atoms with Crippen molar-refractivity contribution in [3.05, 3.63) is 11.6 Å². The Morgan fingerprint density at radius 2 is 2.00 bits per heavy atom. The second-order valence-corrected chi connectivity index (χ2v) is 5.86. The van der Waals surface area contributed by atoms with E-state index in [2.05, 4.69) is 22.0 Å². The van der Waals surface area contributed by atoms with E-state index in [1.165, 1.54) is 25.9 Å². The zero-order chi connectivity index (χ0) is 13.2. The highest BCUT2D eigenvalue weighted by Gasteiger charge is 2.26. The summed E-state index contributed by atoms with van der Waals surface area (Å²) in [6, 6.07) is 0. The number of likely N-dealkylation sites (tertiary alicyclic amines) is 1. The van der Waals surface area contributed by atoms with Crippen molar-refractivity contribution < 1.29 is 5.11 Å². The summed E-state index contributed by atoms with van der Waals surface area (Å²) in [5.74, 6) is 2.67. The SMILES string of the molecule is CCN1CCC(Cc2nnc3n2C(O)CCC3)CC1. The summed E-state index contributed by atoms with van der Waals surface area (Å²) in [5, 5.41) is 18.7. The van der Waals surface area contributed by atoms with Crippen molar-refractivity contribution in [1.82, 2.24) is 19.7 Å². The molecule has 0 amide bonds. The van der Waals surface area contributed by atoms with Gasteiger partial charge in [-0.05, 0) is 51.2 Å². The Bertz CT molecular complexity index is 423. The van der Waals surface area contributed by atoms with Crippen LogP contribution in [0.15, 0.2) is 0 Å². The number of fused-ring (bicyclic) bond motifs is 1. The van der Waals surface area contributed by atoms with E-state index in [1.807, 2.05) is 4.57 Å². The molecule has 1 N–H and O–H groups in total. The number of piperidine rings is 1. The molecule has 5 nitrogen and oxygen atoms in total. The molecule has 1 aromatic heterocycles. The van der Waals surface area contributed by atoms with Gasteiger partial charge in [0.1, 0.15) is 17.9 Å². The number of rotatable bonds is 3. The monoisotopic (exact) mass is 264 g/mol. The maximum Gasteiger partial charge on any atom is 0.135 e. The molecule has 0 aliphatic carbocycles. The summed E-state index contributed by atoms with van der Waals surface area (Å²) in [7, 11) is 0. The van der Waals surface area contributed by atoms with Gasteiger partial charge in [-0.3, -0.25) is 4.57 Å². The van der Waals surface area contributed by atoms with Crippen LogP contribution < -0.4 is 0 Å². The summed E-state index contributed by atoms with van der Waals surface area (Å²) in [5.41, 5.74) is 0. The van der Waals surface area contributed by atoms with Gasteiger partial charge in [-0.1, -0.05) is 6.92 Å². The smallest absolute Gasteiger partial charge is 0.135 e. The fourth-order valence-corrected chi connectivity index (χ4v) is 3.35. The Balaban J connectivity index is 1.66. The van der Waals surface area contributed by atoms with Crippen molar-refractivity contribution >= 4 is 0 Å². The van der Waals surface area contributed by atoms with Gasteiger partial charge < -0.3 is 10.0 Å². The fourth-order valence-electron chi connectivity index (χ4n) is 3.35. The van der Waals surface area contributed by atoms with Crippen LogP contribution in [0, 0.1) is 5.92 Å². The van der Waals surface area contributed by atoms with Crippen molar-refractivity contribution in [1.29, 1.82) is 0 Å². The van der Waals surface area contributed by atoms with Gasteiger partial charge in [0.05, 0.1) is 0 Å². The molecule has 1 unspecified atom stereocenters. The third kappa shape index (κ3) is 2.67. The van der Waals surface area contributed by atoms with Gasteiger partial charge in [0, 0.05) is 12.8 Å². The molecule has 19 heavy (non-hydrogen) atoms. The predicted molar refractivity (Wildman–Crippen MR) is 72.8 cm³/mol. The van der Waals surface area contributed by atoms with E-state index < -0.39 is 6.23 Å². The van der Waals surface area contributed by atoms with Crippen molar-refractivity contribution in [2.45, 2.75) is 51.7 Å². The molecule has 0 saturated carbocycles. The van der Waals surface area contributed by atoms with E-state index in [-0.39, 0.29) is 0 Å². The molecule has 2 aliphatic rings. The average molecular weight is 264 g/mol. The zero-order valence-corrected chi connectivity index (χ0v) is 11.8. The molecular weight excluding hydrogens is 240 g/mol. The third-order valence-electron chi connectivity index (χ3n) is 4.62. The lowest BCUT2D eigenvalue weighted by atomic mass is 9.93. The second-order valence-electron chi connectivity index (χ2n) is 5.86. The second kappa shape index (κ2) is 5.59. The van der Waals surface area contributed by atoms with Crippen LogP contribution in [0.5, 0.6) is 0 Å². The zero-order valence-electron chi connectivity index (χ0n) is 11.8. The molecule has 0 bridgehead atoms. The lowest BCUT2D eigenvalue weighted by molar-refractivity contribution is 0.0734. The first-order valence-electron chi connectivity index (χ1n) is 7.61. The number of nitrogens with zero attached hydrogens (tertiary/aromatic N) is 4. The van der Waals surface area contributed by atoms with Gasteiger partial charge in [0.2, 0.25) is 0 Å². The van der Waals surface area contributed by atoms with Crippen LogP contribution in [0.1, 0.15) is 50.5 Å². The van der Waals surface area contributed by atoms with Crippen molar-refractivity contribution in [3.63, 3.8) is 0 Å². The molecule has 1 fully saturated rings. The van der Waals surface area contributed by atoms with Gasteiger partial charge >= 0.3 is 0 Å². The van der Waals surface area contributed by atoms with Crippen molar-refractivity contribution in [2.75, 3.05) is 19.6 Å². The van der Waals surface area contributed by atoms with Crippen LogP contribution in [0.3, 0.4) is 0 Å². The van der Waals surface area contributed by atoms with Gasteiger partial charge in [-0.2, -0.15) is 0 Å². The highest BCUT2D eigenvalue weighted by Crippen LogP contribution is 2.26. The molecule has 1 aromatic rings. The quantitative estimate of drug-likeness (QED) is 0.896. The molecule has 5 heteroatoms. The first-order chi connectivity index (χ1) is 9.28. The normalized spacial score (nSPS) is 25.5. The first kappa shape index (κ1) is 13.1. The lowest BCUT2D eigenvalue weighted by Gasteiger charge is -2.31. The Labute approximate surface area is 114 Å². The van der Waals surface area contributed by atoms with Gasteiger partial charge in [-0.15, -0.1) is 10.2 Å². The van der Waals surface area contributed by atoms with Gasteiger partial charge in [0.15, 0.2) is 0 Å².